The monoisotopic (exact) mass is 464 g/mol. The third-order valence-corrected chi connectivity index (χ3v) is 6.40. The normalized spacial score (nSPS) is 25.7. The summed E-state index contributed by atoms with van der Waals surface area (Å²) in [7, 11) is 0. The summed E-state index contributed by atoms with van der Waals surface area (Å²) < 4.78 is 4.06. The van der Waals surface area contributed by atoms with E-state index in [-0.39, 0.29) is 11.3 Å². The predicted octanol–water partition coefficient (Wildman–Crippen LogP) is 2.88. The van der Waals surface area contributed by atoms with Gasteiger partial charge in [0.2, 0.25) is 3.79 Å². The van der Waals surface area contributed by atoms with E-state index in [9.17, 15) is 14.9 Å². The van der Waals surface area contributed by atoms with E-state index in [1.165, 1.54) is 56.6 Å². The fourth-order valence-electron chi connectivity index (χ4n) is 4.35. The summed E-state index contributed by atoms with van der Waals surface area (Å²) in [6.45, 7) is 2.81. The molecule has 1 unspecified atom stereocenters. The maximum absolute atomic E-state index is 12.5. The van der Waals surface area contributed by atoms with Crippen LogP contribution in [-0.4, -0.2) is 46.6 Å². The lowest BCUT2D eigenvalue weighted by atomic mass is 9.84. The zero-order valence-corrected chi connectivity index (χ0v) is 18.2. The topological polar surface area (TPSA) is 85.9 Å². The van der Waals surface area contributed by atoms with Crippen LogP contribution in [0.4, 0.5) is 5.69 Å². The van der Waals surface area contributed by atoms with Crippen LogP contribution in [0.25, 0.3) is 0 Å². The van der Waals surface area contributed by atoms with E-state index >= 15 is 0 Å². The maximum Gasteiger partial charge on any atom is 0.269 e. The number of nitro groups is 1. The van der Waals surface area contributed by atoms with Crippen molar-refractivity contribution in [1.82, 2.24) is 5.32 Å². The highest BCUT2D eigenvalue weighted by atomic mass is 35.6. The number of carbonyl (C=O) groups excluding carboxylic acids is 1. The molecule has 10 heteroatoms. The van der Waals surface area contributed by atoms with E-state index in [4.69, 9.17) is 39.5 Å². The molecular weight excluding hydrogens is 441 g/mol. The van der Waals surface area contributed by atoms with Gasteiger partial charge in [0, 0.05) is 23.6 Å². The van der Waals surface area contributed by atoms with Gasteiger partial charge in [0.05, 0.1) is 30.7 Å². The van der Waals surface area contributed by atoms with Gasteiger partial charge in [-0.3, -0.25) is 14.9 Å². The minimum atomic E-state index is -1.84. The standard InChI is InChI=1S/C19H24Cl3N3O4/c20-19(21,22)18(23-17(26)13-6-8-15(9-7-13)25(27)28)29-12-14-4-3-11-24-10-2-1-5-16(14)24/h6-9,14,16,18H,1-5,10-12H2,(H,23,26)/p+1/t14-,16-,18-/m1/s1. The summed E-state index contributed by atoms with van der Waals surface area (Å²) >= 11 is 18.1. The fraction of sp³-hybridized carbons (Fsp3) is 0.632. The van der Waals surface area contributed by atoms with Gasteiger partial charge in [-0.05, 0) is 44.2 Å². The molecule has 3 rings (SSSR count). The third-order valence-electron chi connectivity index (χ3n) is 5.81. The Hall–Kier alpha value is -1.12. The van der Waals surface area contributed by atoms with E-state index < -0.39 is 20.9 Å². The van der Waals surface area contributed by atoms with Gasteiger partial charge in [-0.1, -0.05) is 34.8 Å². The first-order valence-electron chi connectivity index (χ1n) is 9.84. The molecular formula is C19H25Cl3N3O4+. The van der Waals surface area contributed by atoms with Crippen LogP contribution in [-0.2, 0) is 4.74 Å². The summed E-state index contributed by atoms with van der Waals surface area (Å²) in [6.07, 6.45) is 4.77. The number of carbonyl (C=O) groups is 1. The number of benzene rings is 1. The quantitative estimate of drug-likeness (QED) is 0.293. The average molecular weight is 466 g/mol. The number of alkyl halides is 3. The van der Waals surface area contributed by atoms with E-state index in [2.05, 4.69) is 5.32 Å². The highest BCUT2D eigenvalue weighted by Gasteiger charge is 2.40. The second-order valence-corrected chi connectivity index (χ2v) is 10.1. The minimum Gasteiger partial charge on any atom is -0.353 e. The van der Waals surface area contributed by atoms with Gasteiger partial charge in [-0.2, -0.15) is 0 Å². The van der Waals surface area contributed by atoms with E-state index in [0.717, 1.165) is 12.8 Å². The Bertz CT molecular complexity index is 724. The lowest BCUT2D eigenvalue weighted by molar-refractivity contribution is -0.940. The molecule has 2 N–H and O–H groups in total. The Kier molecular flexibility index (Phi) is 7.62. The van der Waals surface area contributed by atoms with Crippen molar-refractivity contribution in [2.75, 3.05) is 19.7 Å². The van der Waals surface area contributed by atoms with Gasteiger partial charge in [-0.25, -0.2) is 0 Å². The first-order valence-corrected chi connectivity index (χ1v) is 11.0. The van der Waals surface area contributed by atoms with Crippen molar-refractivity contribution < 1.29 is 19.4 Å². The maximum atomic E-state index is 12.5. The number of hydrogen-bond acceptors (Lipinski definition) is 4. The number of non-ortho nitro benzene ring substituents is 1. The molecule has 0 bridgehead atoms. The summed E-state index contributed by atoms with van der Waals surface area (Å²) in [4.78, 5) is 24.4. The molecule has 1 aromatic rings. The molecule has 7 nitrogen and oxygen atoms in total. The molecule has 0 aromatic heterocycles. The average Bonchev–Trinajstić information content (AvgIpc) is 2.70. The van der Waals surface area contributed by atoms with Crippen LogP contribution >= 0.6 is 34.8 Å². The number of fused-ring (bicyclic) bond motifs is 1. The second-order valence-electron chi connectivity index (χ2n) is 7.70. The van der Waals surface area contributed by atoms with Crippen molar-refractivity contribution in [3.05, 3.63) is 39.9 Å². The largest absolute Gasteiger partial charge is 0.353 e. The predicted molar refractivity (Wildman–Crippen MR) is 112 cm³/mol. The summed E-state index contributed by atoms with van der Waals surface area (Å²) in [5, 5.41) is 13.4. The second kappa shape index (κ2) is 9.79. The van der Waals surface area contributed by atoms with Crippen molar-refractivity contribution in [2.45, 2.75) is 48.2 Å². The highest BCUT2D eigenvalue weighted by molar-refractivity contribution is 6.68. The Morgan fingerprint density at radius 1 is 1.21 bits per heavy atom. The highest BCUT2D eigenvalue weighted by Crippen LogP contribution is 2.32. The number of piperidine rings is 2. The van der Waals surface area contributed by atoms with Gasteiger partial charge < -0.3 is 15.0 Å². The molecule has 160 valence electrons. The summed E-state index contributed by atoms with van der Waals surface area (Å²) in [5.41, 5.74) is 0.117. The molecule has 1 amide bonds. The number of quaternary nitrogens is 1. The van der Waals surface area contributed by atoms with Crippen LogP contribution in [0, 0.1) is 16.0 Å². The Morgan fingerprint density at radius 2 is 1.90 bits per heavy atom. The Morgan fingerprint density at radius 3 is 2.55 bits per heavy atom. The van der Waals surface area contributed by atoms with Crippen LogP contribution < -0.4 is 10.2 Å². The molecule has 0 saturated carbocycles. The zero-order valence-electron chi connectivity index (χ0n) is 15.9. The van der Waals surface area contributed by atoms with E-state index in [1.807, 2.05) is 0 Å². The van der Waals surface area contributed by atoms with Gasteiger partial charge >= 0.3 is 0 Å². The molecule has 0 aliphatic carbocycles. The van der Waals surface area contributed by atoms with Crippen LogP contribution in [0.3, 0.4) is 0 Å². The molecule has 2 heterocycles. The van der Waals surface area contributed by atoms with Crippen molar-refractivity contribution in [1.29, 1.82) is 0 Å². The smallest absolute Gasteiger partial charge is 0.269 e. The molecule has 29 heavy (non-hydrogen) atoms. The van der Waals surface area contributed by atoms with Gasteiger partial charge in [-0.15, -0.1) is 0 Å². The van der Waals surface area contributed by atoms with Crippen LogP contribution in [0.2, 0.25) is 0 Å². The van der Waals surface area contributed by atoms with Gasteiger partial charge in [0.15, 0.2) is 6.23 Å². The van der Waals surface area contributed by atoms with Crippen molar-refractivity contribution in [3.8, 4) is 0 Å². The number of nitrogens with one attached hydrogen (secondary N) is 2. The third kappa shape index (κ3) is 5.95. The molecule has 0 spiro atoms. The number of ether oxygens (including phenoxy) is 1. The number of amides is 1. The Labute approximate surface area is 184 Å². The van der Waals surface area contributed by atoms with E-state index in [1.54, 1.807) is 4.90 Å². The number of nitrogens with zero attached hydrogens (tertiary/aromatic N) is 1. The molecule has 0 radical (unpaired) electrons. The van der Waals surface area contributed by atoms with Crippen molar-refractivity contribution in [2.24, 2.45) is 5.92 Å². The van der Waals surface area contributed by atoms with Gasteiger partial charge in [0.25, 0.3) is 11.6 Å². The van der Waals surface area contributed by atoms with E-state index in [0.29, 0.717) is 18.6 Å². The molecule has 2 aliphatic heterocycles. The summed E-state index contributed by atoms with van der Waals surface area (Å²) in [6, 6.07) is 5.77. The minimum absolute atomic E-state index is 0.104. The molecule has 4 atom stereocenters. The SMILES string of the molecule is O=C(N[C@H](OC[C@H]1CCC[NH+]2CCCC[C@H]12)C(Cl)(Cl)Cl)c1ccc([N+](=O)[O-])cc1. The first kappa shape index (κ1) is 22.6. The van der Waals surface area contributed by atoms with Crippen LogP contribution in [0.5, 0.6) is 0 Å². The van der Waals surface area contributed by atoms with Crippen molar-refractivity contribution >= 4 is 46.4 Å². The molecule has 1 aromatic carbocycles. The molecule has 2 aliphatic rings. The lowest BCUT2D eigenvalue weighted by Gasteiger charge is -2.41. The summed E-state index contributed by atoms with van der Waals surface area (Å²) in [5.74, 6) is -0.157. The van der Waals surface area contributed by atoms with Gasteiger partial charge in [0.1, 0.15) is 0 Å². The fourth-order valence-corrected chi connectivity index (χ4v) is 4.70. The Balaban J connectivity index is 1.62. The van der Waals surface area contributed by atoms with Crippen molar-refractivity contribution in [3.63, 3.8) is 0 Å². The molecule has 2 fully saturated rings. The molecule has 2 saturated heterocycles. The van der Waals surface area contributed by atoms with Crippen LogP contribution in [0.1, 0.15) is 42.5 Å². The van der Waals surface area contributed by atoms with Crippen LogP contribution in [0.15, 0.2) is 24.3 Å². The first-order chi connectivity index (χ1) is 13.8. The number of halogens is 3. The zero-order chi connectivity index (χ0) is 21.0. The number of nitro benzene ring substituents is 1. The number of hydrogen-bond donors (Lipinski definition) is 2. The number of rotatable bonds is 6. The lowest BCUT2D eigenvalue weighted by Crippen LogP contribution is -3.18.